The van der Waals surface area contributed by atoms with E-state index in [1.807, 2.05) is 44.9 Å². The number of benzene rings is 1. The molecule has 0 spiro atoms. The summed E-state index contributed by atoms with van der Waals surface area (Å²) in [7, 11) is 5.92. The monoisotopic (exact) mass is 645 g/mol. The first kappa shape index (κ1) is 36.0. The van der Waals surface area contributed by atoms with Crippen molar-refractivity contribution in [2.24, 2.45) is 11.1 Å². The molecule has 1 aromatic heterocycles. The lowest BCUT2D eigenvalue weighted by Gasteiger charge is -2.31. The third kappa shape index (κ3) is 9.29. The highest BCUT2D eigenvalue weighted by Crippen LogP contribution is 2.38. The number of primary amides is 1. The summed E-state index contributed by atoms with van der Waals surface area (Å²) in [5.74, 6) is -1.21. The number of Topliss-reactive ketones (excluding diaryl/α,β-unsaturated/α-hetero) is 1. The van der Waals surface area contributed by atoms with Crippen molar-refractivity contribution in [2.45, 2.75) is 97.3 Å². The number of amides is 1. The van der Waals surface area contributed by atoms with E-state index in [0.717, 1.165) is 41.9 Å². The first-order valence-electron chi connectivity index (χ1n) is 15.6. The fraction of sp³-hybridized carbons (Fsp3) is 0.606. The van der Waals surface area contributed by atoms with Crippen LogP contribution in [0.3, 0.4) is 0 Å². The van der Waals surface area contributed by atoms with Gasteiger partial charge in [-0.25, -0.2) is 4.68 Å². The molecule has 0 aliphatic heterocycles. The van der Waals surface area contributed by atoms with E-state index in [4.69, 9.17) is 20.3 Å². The number of nitrogens with one attached hydrogen (secondary N) is 1. The number of hydrogen-bond donors (Lipinski definition) is 2. The number of nitrogens with two attached hydrogens (primary N) is 1. The van der Waals surface area contributed by atoms with Gasteiger partial charge >= 0.3 is 11.9 Å². The molecule has 1 aromatic carbocycles. The summed E-state index contributed by atoms with van der Waals surface area (Å²) >= 11 is 0. The number of ether oxygens (including phenoxy) is 2. The van der Waals surface area contributed by atoms with Crippen molar-refractivity contribution in [1.29, 1.82) is 0 Å². The van der Waals surface area contributed by atoms with Crippen LogP contribution in [-0.2, 0) is 31.9 Å². The van der Waals surface area contributed by atoms with Gasteiger partial charge in [-0.15, -0.1) is 0 Å². The zero-order chi connectivity index (χ0) is 32.4. The zero-order valence-electron chi connectivity index (χ0n) is 27.6. The number of hydrogen-bond acceptors (Lipinski definition) is 8. The van der Waals surface area contributed by atoms with Crippen LogP contribution in [0.25, 0.3) is 5.69 Å². The Kier molecular flexibility index (Phi) is 11.5. The van der Waals surface area contributed by atoms with E-state index in [1.165, 1.54) is 6.92 Å². The van der Waals surface area contributed by atoms with Gasteiger partial charge in [-0.3, -0.25) is 19.2 Å². The lowest BCUT2D eigenvalue weighted by atomic mass is 9.75. The van der Waals surface area contributed by atoms with Crippen molar-refractivity contribution < 1.29 is 45.5 Å². The lowest BCUT2D eigenvalue weighted by Crippen LogP contribution is -3.00. The fourth-order valence-electron chi connectivity index (χ4n) is 6.44. The number of carbonyl (C=O) groups is 4. The SMILES string of the molecule is CCc1nn(-c2ccc(C(N)=O)c(NC3CCC(OC(=O)CC(C[N+](C)(C)C)OC(C)=O)CC3)c2)c2c1C(=O)CC(C)(C)C2.[Cl-]. The first-order chi connectivity index (χ1) is 20.5. The average molecular weight is 646 g/mol. The van der Waals surface area contributed by atoms with Crippen LogP contribution in [0.2, 0.25) is 0 Å². The summed E-state index contributed by atoms with van der Waals surface area (Å²) in [6.45, 7) is 8.03. The largest absolute Gasteiger partial charge is 1.00 e. The van der Waals surface area contributed by atoms with Crippen LogP contribution in [0.1, 0.15) is 98.3 Å². The van der Waals surface area contributed by atoms with Crippen LogP contribution >= 0.6 is 0 Å². The van der Waals surface area contributed by atoms with E-state index in [9.17, 15) is 19.2 Å². The second kappa shape index (κ2) is 14.3. The second-order valence-electron chi connectivity index (χ2n) is 14.1. The number of rotatable bonds is 11. The zero-order valence-corrected chi connectivity index (χ0v) is 28.3. The van der Waals surface area contributed by atoms with E-state index in [1.54, 1.807) is 6.07 Å². The number of nitrogens with zero attached hydrogens (tertiary/aromatic N) is 3. The van der Waals surface area contributed by atoms with Crippen LogP contribution in [-0.4, -0.2) is 83.8 Å². The maximum Gasteiger partial charge on any atom is 0.310 e. The van der Waals surface area contributed by atoms with Gasteiger partial charge in [0.25, 0.3) is 5.91 Å². The van der Waals surface area contributed by atoms with Crippen molar-refractivity contribution in [1.82, 2.24) is 9.78 Å². The molecule has 2 aromatic rings. The summed E-state index contributed by atoms with van der Waals surface area (Å²) in [5.41, 5.74) is 9.75. The van der Waals surface area contributed by atoms with Gasteiger partial charge in [-0.2, -0.15) is 5.10 Å². The molecule has 0 radical (unpaired) electrons. The number of esters is 2. The molecule has 0 saturated heterocycles. The Labute approximate surface area is 272 Å². The normalized spacial score (nSPS) is 19.9. The predicted molar refractivity (Wildman–Crippen MR) is 167 cm³/mol. The molecule has 1 amide bonds. The van der Waals surface area contributed by atoms with Crippen LogP contribution < -0.4 is 23.5 Å². The number of fused-ring (bicyclic) bond motifs is 1. The first-order valence-corrected chi connectivity index (χ1v) is 15.6. The van der Waals surface area contributed by atoms with Gasteiger partial charge in [0, 0.05) is 25.1 Å². The predicted octanol–water partition coefficient (Wildman–Crippen LogP) is 0.987. The minimum atomic E-state index is -0.546. The van der Waals surface area contributed by atoms with Crippen molar-refractivity contribution in [2.75, 3.05) is 33.0 Å². The van der Waals surface area contributed by atoms with Crippen molar-refractivity contribution in [3.05, 3.63) is 40.7 Å². The van der Waals surface area contributed by atoms with E-state index in [2.05, 4.69) is 19.2 Å². The second-order valence-corrected chi connectivity index (χ2v) is 14.1. The Morgan fingerprint density at radius 3 is 2.38 bits per heavy atom. The Morgan fingerprint density at radius 2 is 1.80 bits per heavy atom. The van der Waals surface area contributed by atoms with Gasteiger partial charge in [0.2, 0.25) is 0 Å². The van der Waals surface area contributed by atoms with Gasteiger partial charge in [-0.05, 0) is 62.1 Å². The molecule has 248 valence electrons. The summed E-state index contributed by atoms with van der Waals surface area (Å²) < 4.78 is 13.5. The molecule has 12 heteroatoms. The highest BCUT2D eigenvalue weighted by Gasteiger charge is 2.36. The van der Waals surface area contributed by atoms with Crippen LogP contribution in [0.15, 0.2) is 18.2 Å². The summed E-state index contributed by atoms with van der Waals surface area (Å²) in [5, 5.41) is 8.34. The summed E-state index contributed by atoms with van der Waals surface area (Å²) in [6.07, 6.45) is 3.89. The maximum absolute atomic E-state index is 13.1. The van der Waals surface area contributed by atoms with Crippen LogP contribution in [0.4, 0.5) is 5.69 Å². The molecule has 1 unspecified atom stereocenters. The molecule has 0 bridgehead atoms. The lowest BCUT2D eigenvalue weighted by molar-refractivity contribution is -0.873. The molecule has 1 heterocycles. The van der Waals surface area contributed by atoms with E-state index in [0.29, 0.717) is 48.0 Å². The molecule has 2 aliphatic rings. The number of anilines is 1. The topological polar surface area (TPSA) is 143 Å². The van der Waals surface area contributed by atoms with Crippen molar-refractivity contribution in [3.63, 3.8) is 0 Å². The number of halogens is 1. The van der Waals surface area contributed by atoms with Gasteiger partial charge in [-0.1, -0.05) is 20.8 Å². The molecule has 4 rings (SSSR count). The Balaban J connectivity index is 0.00000552. The third-order valence-electron chi connectivity index (χ3n) is 8.28. The Hall–Kier alpha value is -3.44. The molecule has 3 N–H and O–H groups in total. The molecule has 2 aliphatic carbocycles. The summed E-state index contributed by atoms with van der Waals surface area (Å²) in [6, 6.07) is 5.46. The summed E-state index contributed by atoms with van der Waals surface area (Å²) in [4.78, 5) is 49.7. The van der Waals surface area contributed by atoms with Crippen molar-refractivity contribution >= 4 is 29.3 Å². The fourth-order valence-corrected chi connectivity index (χ4v) is 6.44. The molecular weight excluding hydrogens is 598 g/mol. The highest BCUT2D eigenvalue weighted by atomic mass is 35.5. The molecule has 1 saturated carbocycles. The number of aromatic nitrogens is 2. The van der Waals surface area contributed by atoms with Crippen LogP contribution in [0.5, 0.6) is 0 Å². The Bertz CT molecular complexity index is 1420. The Morgan fingerprint density at radius 1 is 1.13 bits per heavy atom. The van der Waals surface area contributed by atoms with Gasteiger partial charge in [0.15, 0.2) is 11.9 Å². The molecule has 1 fully saturated rings. The average Bonchev–Trinajstić information content (AvgIpc) is 3.26. The minimum absolute atomic E-state index is 0. The molecule has 45 heavy (non-hydrogen) atoms. The van der Waals surface area contributed by atoms with Crippen molar-refractivity contribution in [3.8, 4) is 5.69 Å². The number of ketones is 1. The van der Waals surface area contributed by atoms with E-state index >= 15 is 0 Å². The minimum Gasteiger partial charge on any atom is -1.00 e. The quantitative estimate of drug-likeness (QED) is 0.272. The molecular formula is C33H48ClN5O6. The number of likely N-dealkylation sites (N-methyl/N-ethyl adjacent to an activating group) is 1. The van der Waals surface area contributed by atoms with Crippen LogP contribution in [0, 0.1) is 5.41 Å². The number of quaternary nitrogens is 1. The molecule has 1 atom stereocenters. The van der Waals surface area contributed by atoms with Gasteiger partial charge in [0.05, 0.1) is 55.8 Å². The standard InChI is InChI=1S/C33H47N5O6.ClH/c1-8-26-31-28(17-33(3,4)18-29(31)40)37(36-26)22-11-14-25(32(34)42)27(15-22)35-21-9-12-23(13-10-21)44-30(41)16-24(43-20(2)39)19-38(5,6)7;/h11,14-15,21,23-24H,8-10,12-13,16-19H2,1-7H3,(H2-,34,35,42);1H. The third-order valence-corrected chi connectivity index (χ3v) is 8.28. The smallest absolute Gasteiger partial charge is 0.310 e. The number of carbonyl (C=O) groups excluding carboxylic acids is 4. The highest BCUT2D eigenvalue weighted by molar-refractivity contribution is 6.00. The van der Waals surface area contributed by atoms with E-state index in [-0.39, 0.29) is 48.1 Å². The maximum atomic E-state index is 13.1. The molecule has 11 nitrogen and oxygen atoms in total. The van der Waals surface area contributed by atoms with Gasteiger partial charge in [0.1, 0.15) is 12.6 Å². The number of aryl methyl sites for hydroxylation is 1. The van der Waals surface area contributed by atoms with E-state index < -0.39 is 18.0 Å². The van der Waals surface area contributed by atoms with Gasteiger partial charge < -0.3 is 37.4 Å².